The van der Waals surface area contributed by atoms with E-state index in [1.165, 1.54) is 5.56 Å². The lowest BCUT2D eigenvalue weighted by Gasteiger charge is -2.31. The van der Waals surface area contributed by atoms with Crippen LogP contribution in [0.5, 0.6) is 0 Å². The largest absolute Gasteiger partial charge is 0.342 e. The van der Waals surface area contributed by atoms with Crippen molar-refractivity contribution in [2.45, 2.75) is 33.1 Å². The normalized spacial score (nSPS) is 15.2. The monoisotopic (exact) mass is 356 g/mol. The zero-order valence-corrected chi connectivity index (χ0v) is 15.6. The number of anilines is 1. The molecular weight excluding hydrogens is 332 g/mol. The summed E-state index contributed by atoms with van der Waals surface area (Å²) in [5.74, 6) is 0.208. The number of amides is 2. The smallest absolute Gasteiger partial charge is 0.227 e. The van der Waals surface area contributed by atoms with Gasteiger partial charge in [-0.25, -0.2) is 0 Å². The Labute approximate surface area is 152 Å². The Morgan fingerprint density at radius 3 is 2.60 bits per heavy atom. The maximum Gasteiger partial charge on any atom is 0.227 e. The molecule has 1 aromatic carbocycles. The molecule has 25 heavy (non-hydrogen) atoms. The molecule has 1 fully saturated rings. The van der Waals surface area contributed by atoms with Gasteiger partial charge in [-0.3, -0.25) is 9.59 Å². The van der Waals surface area contributed by atoms with E-state index in [2.05, 4.69) is 11.4 Å². The van der Waals surface area contributed by atoms with E-state index in [-0.39, 0.29) is 17.7 Å². The summed E-state index contributed by atoms with van der Waals surface area (Å²) in [6.07, 6.45) is 1.93. The molecule has 1 aliphatic heterocycles. The maximum absolute atomic E-state index is 12.5. The molecular formula is C20H24N2O2S. The van der Waals surface area contributed by atoms with Crippen molar-refractivity contribution in [2.75, 3.05) is 18.4 Å². The average molecular weight is 356 g/mol. The fourth-order valence-corrected chi connectivity index (χ4v) is 3.95. The highest BCUT2D eigenvalue weighted by Gasteiger charge is 2.27. The number of carbonyl (C=O) groups excluding carboxylic acids is 2. The summed E-state index contributed by atoms with van der Waals surface area (Å²) in [5.41, 5.74) is 3.15. The first-order valence-corrected chi connectivity index (χ1v) is 9.59. The number of nitrogens with zero attached hydrogens (tertiary/aromatic N) is 1. The molecule has 2 heterocycles. The number of thiophene rings is 1. The summed E-state index contributed by atoms with van der Waals surface area (Å²) >= 11 is 1.61. The van der Waals surface area contributed by atoms with Crippen LogP contribution in [0.15, 0.2) is 35.7 Å². The van der Waals surface area contributed by atoms with Crippen LogP contribution in [0.25, 0.3) is 0 Å². The van der Waals surface area contributed by atoms with Crippen LogP contribution in [-0.2, 0) is 16.0 Å². The van der Waals surface area contributed by atoms with Gasteiger partial charge in [0, 0.05) is 29.6 Å². The molecule has 0 bridgehead atoms. The second-order valence-corrected chi connectivity index (χ2v) is 7.75. The molecule has 2 amide bonds. The first kappa shape index (κ1) is 17.7. The lowest BCUT2D eigenvalue weighted by Crippen LogP contribution is -2.42. The summed E-state index contributed by atoms with van der Waals surface area (Å²) in [6.45, 7) is 5.38. The average Bonchev–Trinajstić information content (AvgIpc) is 3.10. The molecule has 0 unspecified atom stereocenters. The van der Waals surface area contributed by atoms with Crippen LogP contribution in [0.2, 0.25) is 0 Å². The zero-order chi connectivity index (χ0) is 17.8. The standard InChI is InChI=1S/C20H24N2O2S/c1-14-5-6-18(15(2)12-14)21-20(24)16-7-9-22(10-8-16)19(23)13-17-4-3-11-25-17/h3-6,11-12,16H,7-10,13H2,1-2H3,(H,21,24). The number of rotatable bonds is 4. The zero-order valence-electron chi connectivity index (χ0n) is 14.7. The fraction of sp³-hybridized carbons (Fsp3) is 0.400. The van der Waals surface area contributed by atoms with Crippen molar-refractivity contribution in [1.29, 1.82) is 0 Å². The highest BCUT2D eigenvalue weighted by molar-refractivity contribution is 7.10. The van der Waals surface area contributed by atoms with Crippen LogP contribution in [-0.4, -0.2) is 29.8 Å². The van der Waals surface area contributed by atoms with Crippen LogP contribution in [0.4, 0.5) is 5.69 Å². The SMILES string of the molecule is Cc1ccc(NC(=O)C2CCN(C(=O)Cc3cccs3)CC2)c(C)c1. The summed E-state index contributed by atoms with van der Waals surface area (Å²) in [6, 6.07) is 10.0. The van der Waals surface area contributed by atoms with Crippen LogP contribution < -0.4 is 5.32 Å². The molecule has 1 aliphatic rings. The number of hydrogen-bond acceptors (Lipinski definition) is 3. The van der Waals surface area contributed by atoms with E-state index < -0.39 is 0 Å². The van der Waals surface area contributed by atoms with Crippen molar-refractivity contribution in [2.24, 2.45) is 5.92 Å². The van der Waals surface area contributed by atoms with Gasteiger partial charge in [0.1, 0.15) is 0 Å². The van der Waals surface area contributed by atoms with Crippen molar-refractivity contribution in [3.05, 3.63) is 51.7 Å². The number of carbonyl (C=O) groups is 2. The third-order valence-corrected chi connectivity index (χ3v) is 5.64. The molecule has 0 radical (unpaired) electrons. The third kappa shape index (κ3) is 4.48. The summed E-state index contributed by atoms with van der Waals surface area (Å²) in [5, 5.41) is 5.04. The second kappa shape index (κ2) is 7.83. The quantitative estimate of drug-likeness (QED) is 0.906. The van der Waals surface area contributed by atoms with Gasteiger partial charge in [0.05, 0.1) is 6.42 Å². The second-order valence-electron chi connectivity index (χ2n) is 6.72. The fourth-order valence-electron chi connectivity index (χ4n) is 3.25. The van der Waals surface area contributed by atoms with Crippen LogP contribution in [0.3, 0.4) is 0 Å². The summed E-state index contributed by atoms with van der Waals surface area (Å²) in [4.78, 5) is 27.9. The van der Waals surface area contributed by atoms with Gasteiger partial charge in [0.15, 0.2) is 0 Å². The molecule has 132 valence electrons. The van der Waals surface area contributed by atoms with Crippen LogP contribution in [0.1, 0.15) is 28.8 Å². The van der Waals surface area contributed by atoms with Gasteiger partial charge in [-0.2, -0.15) is 0 Å². The van der Waals surface area contributed by atoms with Gasteiger partial charge in [-0.05, 0) is 49.8 Å². The third-order valence-electron chi connectivity index (χ3n) is 4.76. The Morgan fingerprint density at radius 1 is 1.20 bits per heavy atom. The molecule has 3 rings (SSSR count). The molecule has 1 aromatic heterocycles. The molecule has 2 aromatic rings. The van der Waals surface area contributed by atoms with Crippen molar-refractivity contribution < 1.29 is 9.59 Å². The molecule has 1 N–H and O–H groups in total. The number of likely N-dealkylation sites (tertiary alicyclic amines) is 1. The van der Waals surface area contributed by atoms with Crippen molar-refractivity contribution in [1.82, 2.24) is 4.90 Å². The molecule has 0 saturated carbocycles. The van der Waals surface area contributed by atoms with Gasteiger partial charge < -0.3 is 10.2 Å². The van der Waals surface area contributed by atoms with E-state index in [1.807, 2.05) is 48.4 Å². The number of benzene rings is 1. The lowest BCUT2D eigenvalue weighted by atomic mass is 9.95. The van der Waals surface area contributed by atoms with Crippen LogP contribution in [0, 0.1) is 19.8 Å². The van der Waals surface area contributed by atoms with E-state index in [0.717, 1.165) is 29.0 Å². The first-order chi connectivity index (χ1) is 12.0. The lowest BCUT2D eigenvalue weighted by molar-refractivity contribution is -0.133. The summed E-state index contributed by atoms with van der Waals surface area (Å²) in [7, 11) is 0. The Balaban J connectivity index is 1.51. The number of piperidine rings is 1. The Morgan fingerprint density at radius 2 is 1.96 bits per heavy atom. The van der Waals surface area contributed by atoms with Gasteiger partial charge in [-0.1, -0.05) is 23.8 Å². The topological polar surface area (TPSA) is 49.4 Å². The van der Waals surface area contributed by atoms with E-state index in [0.29, 0.717) is 19.5 Å². The molecule has 0 atom stereocenters. The van der Waals surface area contributed by atoms with Crippen molar-refractivity contribution in [3.8, 4) is 0 Å². The Bertz CT molecular complexity index is 747. The Kier molecular flexibility index (Phi) is 5.53. The van der Waals surface area contributed by atoms with Gasteiger partial charge >= 0.3 is 0 Å². The highest BCUT2D eigenvalue weighted by atomic mass is 32.1. The minimum Gasteiger partial charge on any atom is -0.342 e. The van der Waals surface area contributed by atoms with E-state index in [9.17, 15) is 9.59 Å². The number of hydrogen-bond donors (Lipinski definition) is 1. The number of aryl methyl sites for hydroxylation is 2. The molecule has 4 nitrogen and oxygen atoms in total. The minimum atomic E-state index is -0.0218. The summed E-state index contributed by atoms with van der Waals surface area (Å²) < 4.78 is 0. The van der Waals surface area contributed by atoms with E-state index in [1.54, 1.807) is 11.3 Å². The van der Waals surface area contributed by atoms with Crippen molar-refractivity contribution in [3.63, 3.8) is 0 Å². The first-order valence-electron chi connectivity index (χ1n) is 8.71. The highest BCUT2D eigenvalue weighted by Crippen LogP contribution is 2.22. The van der Waals surface area contributed by atoms with Gasteiger partial charge in [-0.15, -0.1) is 11.3 Å². The molecule has 1 saturated heterocycles. The van der Waals surface area contributed by atoms with E-state index in [4.69, 9.17) is 0 Å². The van der Waals surface area contributed by atoms with Gasteiger partial charge in [0.25, 0.3) is 0 Å². The van der Waals surface area contributed by atoms with Crippen molar-refractivity contribution >= 4 is 28.8 Å². The minimum absolute atomic E-state index is 0.0218. The van der Waals surface area contributed by atoms with Crippen LogP contribution >= 0.6 is 11.3 Å². The molecule has 0 aliphatic carbocycles. The van der Waals surface area contributed by atoms with E-state index >= 15 is 0 Å². The predicted molar refractivity (Wildman–Crippen MR) is 102 cm³/mol. The molecule has 0 spiro atoms. The maximum atomic E-state index is 12.5. The Hall–Kier alpha value is -2.14. The predicted octanol–water partition coefficient (Wildman–Crippen LogP) is 3.78. The van der Waals surface area contributed by atoms with Gasteiger partial charge in [0.2, 0.25) is 11.8 Å². The number of nitrogens with one attached hydrogen (secondary N) is 1. The molecule has 5 heteroatoms.